The minimum Gasteiger partial charge on any atom is -0.490 e. The average molecular weight is 458 g/mol. The molecule has 174 valence electrons. The summed E-state index contributed by atoms with van der Waals surface area (Å²) in [7, 11) is -3.20. The van der Waals surface area contributed by atoms with E-state index in [4.69, 9.17) is 4.74 Å². The van der Waals surface area contributed by atoms with E-state index >= 15 is 0 Å². The summed E-state index contributed by atoms with van der Waals surface area (Å²) in [5, 5.41) is 3.29. The van der Waals surface area contributed by atoms with Crippen LogP contribution < -0.4 is 10.1 Å². The van der Waals surface area contributed by atoms with Gasteiger partial charge in [-0.3, -0.25) is 4.79 Å². The number of ether oxygens (including phenoxy) is 1. The largest absolute Gasteiger partial charge is 0.490 e. The first-order valence-corrected chi connectivity index (χ1v) is 13.9. The summed E-state index contributed by atoms with van der Waals surface area (Å²) in [6, 6.07) is 7.10. The maximum Gasteiger partial charge on any atom is 0.246 e. The second kappa shape index (κ2) is 7.34. The highest BCUT2D eigenvalue weighted by molar-refractivity contribution is 7.90. The monoisotopic (exact) mass is 457 g/mol. The number of rotatable bonds is 3. The summed E-state index contributed by atoms with van der Waals surface area (Å²) in [4.78, 5) is 12.6. The summed E-state index contributed by atoms with van der Waals surface area (Å²) < 4.78 is 29.8. The smallest absolute Gasteiger partial charge is 0.246 e. The number of fused-ring (bicyclic) bond motifs is 5. The molecule has 6 heteroatoms. The maximum atomic E-state index is 12.2. The van der Waals surface area contributed by atoms with Crippen LogP contribution in [0.4, 0.5) is 0 Å². The third kappa shape index (κ3) is 3.49. The van der Waals surface area contributed by atoms with Gasteiger partial charge in [0, 0.05) is 23.3 Å². The highest BCUT2D eigenvalue weighted by Gasteiger charge is 2.59. The van der Waals surface area contributed by atoms with Gasteiger partial charge in [-0.05, 0) is 92.9 Å². The number of hydrogen-bond acceptors (Lipinski definition) is 4. The maximum absolute atomic E-state index is 12.2. The van der Waals surface area contributed by atoms with Gasteiger partial charge in [0.25, 0.3) is 0 Å². The number of amides is 1. The zero-order chi connectivity index (χ0) is 22.9. The molecule has 1 aromatic carbocycles. The Morgan fingerprint density at radius 3 is 2.47 bits per heavy atom. The van der Waals surface area contributed by atoms with Crippen LogP contribution in [0.15, 0.2) is 40.8 Å². The molecule has 5 nitrogen and oxygen atoms in total. The van der Waals surface area contributed by atoms with E-state index < -0.39 is 9.84 Å². The van der Waals surface area contributed by atoms with Gasteiger partial charge in [-0.15, -0.1) is 0 Å². The molecule has 3 aliphatic carbocycles. The van der Waals surface area contributed by atoms with E-state index in [9.17, 15) is 13.2 Å². The lowest BCUT2D eigenvalue weighted by atomic mass is 9.48. The molecule has 1 heterocycles. The Labute approximate surface area is 191 Å². The Morgan fingerprint density at radius 1 is 1.06 bits per heavy atom. The zero-order valence-corrected chi connectivity index (χ0v) is 20.4. The van der Waals surface area contributed by atoms with Crippen LogP contribution >= 0.6 is 0 Å². The molecule has 3 fully saturated rings. The highest BCUT2D eigenvalue weighted by Crippen LogP contribution is 2.63. The quantitative estimate of drug-likeness (QED) is 0.724. The second-order valence-electron chi connectivity index (χ2n) is 11.3. The molecule has 7 atom stereocenters. The Hall–Kier alpha value is -1.82. The van der Waals surface area contributed by atoms with Gasteiger partial charge in [-0.2, -0.15) is 0 Å². The van der Waals surface area contributed by atoms with Gasteiger partial charge >= 0.3 is 0 Å². The minimum atomic E-state index is -3.20. The standard InChI is InChI=1S/C26H35NO4S/c1-16-14-26(3)21-11-12-25(2)15-18(31-17-5-7-19(8-6-17)32(4,29)30)13-22(25)20(21)9-10-23(26)27-24(16)28/h5-8,14,18,20-23H,9-13,15H2,1-4H3,(H,27,28)/t18-,20+,21-,22-,23+,25+,26+/m0/s1. The first kappa shape index (κ1) is 22.0. The molecule has 32 heavy (non-hydrogen) atoms. The SMILES string of the molecule is CC1=C[C@@]2(C)[C@@H](CC[C@H]3[C@@H]4C[C@H](Oc5ccc(S(C)(=O)=O)cc5)C[C@@]4(C)CC[C@@H]32)NC1=O. The molecule has 0 saturated heterocycles. The van der Waals surface area contributed by atoms with Crippen LogP contribution in [0.1, 0.15) is 59.3 Å². The van der Waals surface area contributed by atoms with Gasteiger partial charge in [-0.1, -0.05) is 19.9 Å². The van der Waals surface area contributed by atoms with Crippen molar-refractivity contribution in [3.8, 4) is 5.75 Å². The molecule has 1 aromatic rings. The summed E-state index contributed by atoms with van der Waals surface area (Å²) in [6.07, 6.45) is 10.4. The number of carbonyl (C=O) groups is 1. The Kier molecular flexibility index (Phi) is 5.05. The van der Waals surface area contributed by atoms with Crippen molar-refractivity contribution in [3.63, 3.8) is 0 Å². The molecule has 1 N–H and O–H groups in total. The van der Waals surface area contributed by atoms with E-state index in [0.717, 1.165) is 30.6 Å². The van der Waals surface area contributed by atoms with Crippen molar-refractivity contribution in [2.75, 3.05) is 6.26 Å². The molecule has 0 aromatic heterocycles. The number of hydrogen-bond donors (Lipinski definition) is 1. The summed E-state index contributed by atoms with van der Waals surface area (Å²) >= 11 is 0. The average Bonchev–Trinajstić information content (AvgIpc) is 3.05. The first-order chi connectivity index (χ1) is 15.0. The predicted molar refractivity (Wildman–Crippen MR) is 124 cm³/mol. The van der Waals surface area contributed by atoms with Gasteiger partial charge in [0.15, 0.2) is 9.84 Å². The number of benzene rings is 1. The van der Waals surface area contributed by atoms with Crippen molar-refractivity contribution >= 4 is 15.7 Å². The number of nitrogens with one attached hydrogen (secondary N) is 1. The highest BCUT2D eigenvalue weighted by atomic mass is 32.2. The summed E-state index contributed by atoms with van der Waals surface area (Å²) in [5.41, 5.74) is 1.20. The lowest BCUT2D eigenvalue weighted by Crippen LogP contribution is -2.59. The normalized spacial score (nSPS) is 41.1. The van der Waals surface area contributed by atoms with Crippen LogP contribution in [0, 0.1) is 28.6 Å². The molecule has 4 aliphatic rings. The van der Waals surface area contributed by atoms with Crippen molar-refractivity contribution in [2.24, 2.45) is 28.6 Å². The van der Waals surface area contributed by atoms with Crippen molar-refractivity contribution in [1.29, 1.82) is 0 Å². The Bertz CT molecular complexity index is 1060. The van der Waals surface area contributed by atoms with Crippen LogP contribution in [0.5, 0.6) is 5.75 Å². The summed E-state index contributed by atoms with van der Waals surface area (Å²) in [5.74, 6) is 2.75. The van der Waals surface area contributed by atoms with Gasteiger partial charge in [0.1, 0.15) is 5.75 Å². The Morgan fingerprint density at radius 2 is 1.78 bits per heavy atom. The lowest BCUT2D eigenvalue weighted by Gasteiger charge is -2.58. The van der Waals surface area contributed by atoms with Crippen molar-refractivity contribution in [1.82, 2.24) is 5.32 Å². The van der Waals surface area contributed by atoms with Crippen molar-refractivity contribution in [2.45, 2.75) is 76.3 Å². The Balaban J connectivity index is 1.35. The van der Waals surface area contributed by atoms with E-state index in [2.05, 4.69) is 25.2 Å². The third-order valence-electron chi connectivity index (χ3n) is 9.25. The van der Waals surface area contributed by atoms with Gasteiger partial charge < -0.3 is 10.1 Å². The fraction of sp³-hybridized carbons (Fsp3) is 0.654. The van der Waals surface area contributed by atoms with Crippen molar-refractivity contribution < 1.29 is 17.9 Å². The number of sulfone groups is 1. The van der Waals surface area contributed by atoms with Gasteiger partial charge in [0.2, 0.25) is 5.91 Å². The topological polar surface area (TPSA) is 72.5 Å². The first-order valence-electron chi connectivity index (χ1n) is 12.0. The van der Waals surface area contributed by atoms with E-state index in [1.54, 1.807) is 24.3 Å². The molecule has 0 unspecified atom stereocenters. The van der Waals surface area contributed by atoms with Crippen molar-refractivity contribution in [3.05, 3.63) is 35.9 Å². The molecule has 0 radical (unpaired) electrons. The van der Waals surface area contributed by atoms with E-state index in [1.165, 1.54) is 25.5 Å². The van der Waals surface area contributed by atoms with E-state index in [1.807, 2.05) is 6.92 Å². The molecule has 1 aliphatic heterocycles. The van der Waals surface area contributed by atoms with Crippen LogP contribution in [0.25, 0.3) is 0 Å². The van der Waals surface area contributed by atoms with Gasteiger partial charge in [-0.25, -0.2) is 8.42 Å². The molecule has 1 amide bonds. The molecule has 3 saturated carbocycles. The fourth-order valence-electron chi connectivity index (χ4n) is 7.67. The minimum absolute atomic E-state index is 0.0443. The lowest BCUT2D eigenvalue weighted by molar-refractivity contribution is -0.123. The van der Waals surface area contributed by atoms with Crippen LogP contribution in [0.2, 0.25) is 0 Å². The molecular weight excluding hydrogens is 422 g/mol. The van der Waals surface area contributed by atoms with Crippen LogP contribution in [0.3, 0.4) is 0 Å². The molecule has 0 spiro atoms. The van der Waals surface area contributed by atoms with E-state index in [-0.39, 0.29) is 23.5 Å². The predicted octanol–water partition coefficient (Wildman–Crippen LogP) is 4.52. The van der Waals surface area contributed by atoms with E-state index in [0.29, 0.717) is 28.1 Å². The van der Waals surface area contributed by atoms with Crippen LogP contribution in [-0.2, 0) is 14.6 Å². The molecule has 5 rings (SSSR count). The van der Waals surface area contributed by atoms with Crippen LogP contribution in [-0.4, -0.2) is 32.7 Å². The fourth-order valence-corrected chi connectivity index (χ4v) is 8.30. The van der Waals surface area contributed by atoms with Gasteiger partial charge in [0.05, 0.1) is 11.0 Å². The molecular formula is C26H35NO4S. The summed E-state index contributed by atoms with van der Waals surface area (Å²) in [6.45, 7) is 6.76. The number of carbonyl (C=O) groups excluding carboxylic acids is 1. The second-order valence-corrected chi connectivity index (χ2v) is 13.3. The zero-order valence-electron chi connectivity index (χ0n) is 19.6. The molecule has 0 bridgehead atoms. The third-order valence-corrected chi connectivity index (χ3v) is 10.4.